The van der Waals surface area contributed by atoms with Gasteiger partial charge in [0.1, 0.15) is 24.0 Å². The van der Waals surface area contributed by atoms with E-state index in [1.165, 1.54) is 6.07 Å². The number of nitrogens with one attached hydrogen (secondary N) is 1. The van der Waals surface area contributed by atoms with Crippen LogP contribution in [0.4, 0.5) is 14.5 Å². The predicted molar refractivity (Wildman–Crippen MR) is 100 cm³/mol. The van der Waals surface area contributed by atoms with E-state index >= 15 is 0 Å². The van der Waals surface area contributed by atoms with Crippen LogP contribution in [0.15, 0.2) is 72.3 Å². The quantitative estimate of drug-likeness (QED) is 0.707. The first-order chi connectivity index (χ1) is 13.1. The molecule has 0 saturated carbocycles. The highest BCUT2D eigenvalue weighted by Crippen LogP contribution is 2.32. The number of rotatable bonds is 3. The molecule has 4 rings (SSSR count). The molecule has 0 radical (unpaired) electrons. The van der Waals surface area contributed by atoms with Crippen molar-refractivity contribution in [2.24, 2.45) is 0 Å². The highest BCUT2D eigenvalue weighted by molar-refractivity contribution is 6.09. The number of hydrogen-bond acceptors (Lipinski definition) is 2. The summed E-state index contributed by atoms with van der Waals surface area (Å²) in [5, 5.41) is 2.58. The van der Waals surface area contributed by atoms with E-state index in [1.54, 1.807) is 36.4 Å². The standard InChI is InChI=1S/C22H15F2NO2/c23-17-11-18(14-6-2-1-3-7-14)21(19(24)12-17)25-22(26)16-10-15-8-4-5-9-20(15)27-13-16/h1-12H,13H2,(H,25,26). The van der Waals surface area contributed by atoms with Crippen LogP contribution in [-0.4, -0.2) is 12.5 Å². The van der Waals surface area contributed by atoms with Crippen LogP contribution in [0, 0.1) is 11.6 Å². The van der Waals surface area contributed by atoms with Crippen LogP contribution in [-0.2, 0) is 4.79 Å². The second-order valence-corrected chi connectivity index (χ2v) is 6.13. The third-order valence-electron chi connectivity index (χ3n) is 4.30. The zero-order valence-corrected chi connectivity index (χ0v) is 14.2. The molecular formula is C22H15F2NO2. The average molecular weight is 363 g/mol. The Morgan fingerprint density at radius 1 is 0.963 bits per heavy atom. The molecule has 0 saturated heterocycles. The molecule has 3 aromatic carbocycles. The third-order valence-corrected chi connectivity index (χ3v) is 4.30. The lowest BCUT2D eigenvalue weighted by Gasteiger charge is -2.18. The largest absolute Gasteiger partial charge is 0.488 e. The number of para-hydroxylation sites is 1. The number of carbonyl (C=O) groups excluding carboxylic acids is 1. The van der Waals surface area contributed by atoms with Crippen molar-refractivity contribution in [2.75, 3.05) is 11.9 Å². The molecule has 3 nitrogen and oxygen atoms in total. The predicted octanol–water partition coefficient (Wildman–Crippen LogP) is 5.05. The molecular weight excluding hydrogens is 348 g/mol. The summed E-state index contributed by atoms with van der Waals surface area (Å²) in [5.41, 5.74) is 1.95. The summed E-state index contributed by atoms with van der Waals surface area (Å²) < 4.78 is 33.8. The second kappa shape index (κ2) is 7.03. The summed E-state index contributed by atoms with van der Waals surface area (Å²) in [6.45, 7) is 0.0757. The maximum absolute atomic E-state index is 14.5. The minimum Gasteiger partial charge on any atom is -0.488 e. The fourth-order valence-corrected chi connectivity index (χ4v) is 2.99. The van der Waals surface area contributed by atoms with Crippen LogP contribution in [0.1, 0.15) is 5.56 Å². The molecule has 1 aliphatic heterocycles. The van der Waals surface area contributed by atoms with Crippen molar-refractivity contribution in [1.29, 1.82) is 0 Å². The minimum atomic E-state index is -0.833. The van der Waals surface area contributed by atoms with Crippen molar-refractivity contribution in [2.45, 2.75) is 0 Å². The fraction of sp³-hybridized carbons (Fsp3) is 0.0455. The molecule has 0 unspecified atom stereocenters. The Morgan fingerprint density at radius 3 is 2.52 bits per heavy atom. The zero-order chi connectivity index (χ0) is 18.8. The van der Waals surface area contributed by atoms with E-state index in [2.05, 4.69) is 5.32 Å². The summed E-state index contributed by atoms with van der Waals surface area (Å²) >= 11 is 0. The van der Waals surface area contributed by atoms with Crippen molar-refractivity contribution in [3.8, 4) is 16.9 Å². The smallest absolute Gasteiger partial charge is 0.255 e. The molecule has 0 bridgehead atoms. The van der Waals surface area contributed by atoms with Crippen LogP contribution < -0.4 is 10.1 Å². The van der Waals surface area contributed by atoms with Crippen molar-refractivity contribution in [3.63, 3.8) is 0 Å². The maximum Gasteiger partial charge on any atom is 0.255 e. The maximum atomic E-state index is 14.5. The first-order valence-corrected chi connectivity index (χ1v) is 8.40. The van der Waals surface area contributed by atoms with Crippen LogP contribution in [0.3, 0.4) is 0 Å². The Hall–Kier alpha value is -3.47. The molecule has 5 heteroatoms. The third kappa shape index (κ3) is 3.44. The van der Waals surface area contributed by atoms with Crippen molar-refractivity contribution >= 4 is 17.7 Å². The summed E-state index contributed by atoms with van der Waals surface area (Å²) in [5.74, 6) is -1.35. The van der Waals surface area contributed by atoms with Crippen LogP contribution in [0.25, 0.3) is 17.2 Å². The van der Waals surface area contributed by atoms with Gasteiger partial charge in [-0.1, -0.05) is 48.5 Å². The first kappa shape index (κ1) is 17.0. The molecule has 0 aliphatic carbocycles. The molecule has 3 aromatic rings. The lowest BCUT2D eigenvalue weighted by molar-refractivity contribution is -0.113. The lowest BCUT2D eigenvalue weighted by atomic mass is 10.0. The van der Waals surface area contributed by atoms with Gasteiger partial charge in [-0.25, -0.2) is 8.78 Å². The van der Waals surface area contributed by atoms with E-state index in [-0.39, 0.29) is 17.9 Å². The van der Waals surface area contributed by atoms with Gasteiger partial charge in [0, 0.05) is 17.2 Å². The van der Waals surface area contributed by atoms with E-state index in [0.717, 1.165) is 11.6 Å². The van der Waals surface area contributed by atoms with Gasteiger partial charge in [0.25, 0.3) is 5.91 Å². The van der Waals surface area contributed by atoms with E-state index < -0.39 is 17.5 Å². The SMILES string of the molecule is O=C(Nc1c(F)cc(F)cc1-c1ccccc1)C1=Cc2ccccc2OC1. The Bertz CT molecular complexity index is 1050. The topological polar surface area (TPSA) is 38.3 Å². The van der Waals surface area contributed by atoms with Crippen LogP contribution in [0.2, 0.25) is 0 Å². The first-order valence-electron chi connectivity index (χ1n) is 8.40. The lowest BCUT2D eigenvalue weighted by Crippen LogP contribution is -2.22. The van der Waals surface area contributed by atoms with Gasteiger partial charge < -0.3 is 10.1 Å². The minimum absolute atomic E-state index is 0.0626. The van der Waals surface area contributed by atoms with Gasteiger partial charge in [-0.05, 0) is 23.8 Å². The summed E-state index contributed by atoms with van der Waals surface area (Å²) in [7, 11) is 0. The van der Waals surface area contributed by atoms with Gasteiger partial charge in [-0.3, -0.25) is 4.79 Å². The molecule has 0 atom stereocenters. The van der Waals surface area contributed by atoms with Crippen molar-refractivity contribution in [1.82, 2.24) is 0 Å². The molecule has 1 heterocycles. The highest BCUT2D eigenvalue weighted by atomic mass is 19.1. The number of amides is 1. The normalized spacial score (nSPS) is 12.6. The second-order valence-electron chi connectivity index (χ2n) is 6.13. The van der Waals surface area contributed by atoms with E-state index in [4.69, 9.17) is 4.74 Å². The van der Waals surface area contributed by atoms with Gasteiger partial charge in [-0.2, -0.15) is 0 Å². The van der Waals surface area contributed by atoms with Crippen molar-refractivity contribution < 1.29 is 18.3 Å². The van der Waals surface area contributed by atoms with E-state index in [9.17, 15) is 13.6 Å². The molecule has 27 heavy (non-hydrogen) atoms. The summed E-state index contributed by atoms with van der Waals surface area (Å²) in [6.07, 6.45) is 1.71. The van der Waals surface area contributed by atoms with Gasteiger partial charge >= 0.3 is 0 Å². The Morgan fingerprint density at radius 2 is 1.70 bits per heavy atom. The van der Waals surface area contributed by atoms with E-state index in [0.29, 0.717) is 16.9 Å². The molecule has 0 fully saturated rings. The molecule has 134 valence electrons. The monoisotopic (exact) mass is 363 g/mol. The van der Waals surface area contributed by atoms with Gasteiger partial charge in [0.2, 0.25) is 0 Å². The molecule has 0 aromatic heterocycles. The van der Waals surface area contributed by atoms with Crippen LogP contribution in [0.5, 0.6) is 5.75 Å². The molecule has 1 aliphatic rings. The fourth-order valence-electron chi connectivity index (χ4n) is 2.99. The van der Waals surface area contributed by atoms with E-state index in [1.807, 2.05) is 24.3 Å². The van der Waals surface area contributed by atoms with Gasteiger partial charge in [0.05, 0.1) is 11.3 Å². The number of carbonyl (C=O) groups is 1. The molecule has 0 spiro atoms. The number of halogens is 2. The Labute approximate surface area is 154 Å². The number of anilines is 1. The zero-order valence-electron chi connectivity index (χ0n) is 14.2. The van der Waals surface area contributed by atoms with Crippen LogP contribution >= 0.6 is 0 Å². The number of ether oxygens (including phenoxy) is 1. The average Bonchev–Trinajstić information content (AvgIpc) is 2.70. The summed E-state index contributed by atoms with van der Waals surface area (Å²) in [4.78, 5) is 12.7. The van der Waals surface area contributed by atoms with Gasteiger partial charge in [-0.15, -0.1) is 0 Å². The number of benzene rings is 3. The molecule has 1 amide bonds. The Kier molecular flexibility index (Phi) is 4.42. The highest BCUT2D eigenvalue weighted by Gasteiger charge is 2.20. The summed E-state index contributed by atoms with van der Waals surface area (Å²) in [6, 6.07) is 18.1. The van der Waals surface area contributed by atoms with Crippen molar-refractivity contribution in [3.05, 3.63) is 89.5 Å². The molecule has 1 N–H and O–H groups in total. The number of fused-ring (bicyclic) bond motifs is 1. The van der Waals surface area contributed by atoms with Gasteiger partial charge in [0.15, 0.2) is 0 Å². The number of hydrogen-bond donors (Lipinski definition) is 1. The Balaban J connectivity index is 1.69.